The largest absolute Gasteiger partial charge is 0.480 e. The van der Waals surface area contributed by atoms with Gasteiger partial charge in [-0.15, -0.1) is 0 Å². The van der Waals surface area contributed by atoms with Crippen LogP contribution < -0.4 is 5.32 Å². The van der Waals surface area contributed by atoms with E-state index in [4.69, 9.17) is 14.6 Å². The molecule has 0 saturated heterocycles. The number of aliphatic carboxylic acids is 1. The lowest BCUT2D eigenvalue weighted by Gasteiger charge is -2.20. The maximum atomic E-state index is 11.2. The predicted molar refractivity (Wildman–Crippen MR) is 96.0 cm³/mol. The third-order valence-corrected chi connectivity index (χ3v) is 3.90. The summed E-state index contributed by atoms with van der Waals surface area (Å²) in [6.45, 7) is 0.856. The molecule has 25 heavy (non-hydrogen) atoms. The Morgan fingerprint density at radius 1 is 0.920 bits per heavy atom. The number of carbonyl (C=O) groups is 1. The van der Waals surface area contributed by atoms with Crippen LogP contribution in [0, 0.1) is 0 Å². The van der Waals surface area contributed by atoms with Crippen molar-refractivity contribution in [2.45, 2.75) is 38.4 Å². The van der Waals surface area contributed by atoms with E-state index in [1.54, 1.807) is 7.05 Å². The molecule has 5 nitrogen and oxygen atoms in total. The van der Waals surface area contributed by atoms with Crippen molar-refractivity contribution in [3.63, 3.8) is 0 Å². The quantitative estimate of drug-likeness (QED) is 0.613. The van der Waals surface area contributed by atoms with Crippen molar-refractivity contribution < 1.29 is 19.4 Å². The molecule has 0 radical (unpaired) electrons. The van der Waals surface area contributed by atoms with Gasteiger partial charge in [0.1, 0.15) is 6.04 Å². The Morgan fingerprint density at radius 3 is 1.80 bits per heavy atom. The SMILES string of the molecule is CNC(CCC(OCc1ccccc1)OCc1ccccc1)C(=O)O. The predicted octanol–water partition coefficient (Wildman–Crippen LogP) is 3.20. The second-order valence-electron chi connectivity index (χ2n) is 5.78. The molecular weight excluding hydrogens is 318 g/mol. The molecule has 0 aliphatic heterocycles. The molecule has 0 aromatic heterocycles. The van der Waals surface area contributed by atoms with E-state index in [2.05, 4.69) is 5.32 Å². The molecule has 0 fully saturated rings. The van der Waals surface area contributed by atoms with Crippen LogP contribution in [0.15, 0.2) is 60.7 Å². The fraction of sp³-hybridized carbons (Fsp3) is 0.350. The van der Waals surface area contributed by atoms with Crippen LogP contribution in [0.5, 0.6) is 0 Å². The number of hydrogen-bond donors (Lipinski definition) is 2. The van der Waals surface area contributed by atoms with Gasteiger partial charge in [0.15, 0.2) is 6.29 Å². The van der Waals surface area contributed by atoms with Gasteiger partial charge in [-0.1, -0.05) is 60.7 Å². The number of hydrogen-bond acceptors (Lipinski definition) is 4. The molecule has 0 amide bonds. The highest BCUT2D eigenvalue weighted by atomic mass is 16.7. The summed E-state index contributed by atoms with van der Waals surface area (Å²) in [6.07, 6.45) is 0.466. The van der Waals surface area contributed by atoms with Crippen molar-refractivity contribution in [2.24, 2.45) is 0 Å². The van der Waals surface area contributed by atoms with E-state index >= 15 is 0 Å². The Balaban J connectivity index is 1.90. The fourth-order valence-electron chi connectivity index (χ4n) is 2.44. The van der Waals surface area contributed by atoms with Gasteiger partial charge >= 0.3 is 5.97 Å². The van der Waals surface area contributed by atoms with Gasteiger partial charge in [0, 0.05) is 6.42 Å². The third-order valence-electron chi connectivity index (χ3n) is 3.90. The summed E-state index contributed by atoms with van der Waals surface area (Å²) in [5, 5.41) is 12.0. The van der Waals surface area contributed by atoms with Crippen LogP contribution in [0.3, 0.4) is 0 Å². The van der Waals surface area contributed by atoms with Crippen LogP contribution in [0.25, 0.3) is 0 Å². The molecule has 0 aliphatic carbocycles. The fourth-order valence-corrected chi connectivity index (χ4v) is 2.44. The Kier molecular flexibility index (Phi) is 8.12. The third kappa shape index (κ3) is 7.05. The van der Waals surface area contributed by atoms with Gasteiger partial charge in [-0.05, 0) is 24.6 Å². The molecule has 2 rings (SSSR count). The van der Waals surface area contributed by atoms with Gasteiger partial charge in [0.2, 0.25) is 0 Å². The van der Waals surface area contributed by atoms with E-state index in [-0.39, 0.29) is 0 Å². The molecule has 0 aliphatic rings. The lowest BCUT2D eigenvalue weighted by atomic mass is 10.1. The van der Waals surface area contributed by atoms with Gasteiger partial charge in [-0.2, -0.15) is 0 Å². The molecule has 134 valence electrons. The average molecular weight is 343 g/mol. The molecule has 1 atom stereocenters. The van der Waals surface area contributed by atoms with E-state index in [0.717, 1.165) is 11.1 Å². The van der Waals surface area contributed by atoms with Crippen LogP contribution in [0.1, 0.15) is 24.0 Å². The molecule has 1 unspecified atom stereocenters. The summed E-state index contributed by atoms with van der Waals surface area (Å²) in [5.74, 6) is -0.868. The van der Waals surface area contributed by atoms with Crippen molar-refractivity contribution in [1.29, 1.82) is 0 Å². The maximum absolute atomic E-state index is 11.2. The van der Waals surface area contributed by atoms with Crippen LogP contribution in [-0.2, 0) is 27.5 Å². The van der Waals surface area contributed by atoms with Crippen LogP contribution in [-0.4, -0.2) is 30.5 Å². The van der Waals surface area contributed by atoms with E-state index in [9.17, 15) is 4.79 Å². The second-order valence-corrected chi connectivity index (χ2v) is 5.78. The number of nitrogens with one attached hydrogen (secondary N) is 1. The van der Waals surface area contributed by atoms with E-state index in [1.165, 1.54) is 0 Å². The zero-order chi connectivity index (χ0) is 17.9. The summed E-state index contributed by atoms with van der Waals surface area (Å²) in [6, 6.07) is 19.1. The molecule has 0 saturated carbocycles. The summed E-state index contributed by atoms with van der Waals surface area (Å²) in [5.41, 5.74) is 2.11. The zero-order valence-corrected chi connectivity index (χ0v) is 14.4. The molecule has 0 heterocycles. The molecule has 0 spiro atoms. The first-order valence-electron chi connectivity index (χ1n) is 8.40. The molecule has 0 bridgehead atoms. The van der Waals surface area contributed by atoms with Crippen molar-refractivity contribution in [3.05, 3.63) is 71.8 Å². The molecule has 2 aromatic carbocycles. The second kappa shape index (κ2) is 10.6. The topological polar surface area (TPSA) is 67.8 Å². The summed E-state index contributed by atoms with van der Waals surface area (Å²) in [4.78, 5) is 11.2. The Bertz CT molecular complexity index is 575. The van der Waals surface area contributed by atoms with Gasteiger partial charge in [-0.25, -0.2) is 0 Å². The summed E-state index contributed by atoms with van der Waals surface area (Å²) >= 11 is 0. The first kappa shape index (κ1) is 19.1. The van der Waals surface area contributed by atoms with Crippen molar-refractivity contribution in [2.75, 3.05) is 7.05 Å². The van der Waals surface area contributed by atoms with E-state index < -0.39 is 18.3 Å². The normalized spacial score (nSPS) is 12.2. The van der Waals surface area contributed by atoms with Crippen molar-refractivity contribution >= 4 is 5.97 Å². The molecular formula is C20H25NO4. The minimum absolute atomic E-state index is 0.428. The number of carboxylic acids is 1. The van der Waals surface area contributed by atoms with Gasteiger partial charge in [0.05, 0.1) is 13.2 Å². The number of likely N-dealkylation sites (N-methyl/N-ethyl adjacent to an activating group) is 1. The summed E-state index contributed by atoms with van der Waals surface area (Å²) in [7, 11) is 1.64. The lowest BCUT2D eigenvalue weighted by molar-refractivity contribution is -0.162. The molecule has 5 heteroatoms. The van der Waals surface area contributed by atoms with Gasteiger partial charge in [0.25, 0.3) is 0 Å². The first-order chi connectivity index (χ1) is 12.2. The van der Waals surface area contributed by atoms with Crippen molar-refractivity contribution in [3.8, 4) is 0 Å². The minimum atomic E-state index is -0.868. The van der Waals surface area contributed by atoms with Crippen LogP contribution in [0.2, 0.25) is 0 Å². The zero-order valence-electron chi connectivity index (χ0n) is 14.4. The molecule has 2 N–H and O–H groups in total. The van der Waals surface area contributed by atoms with Gasteiger partial charge < -0.3 is 19.9 Å². The standard InChI is InChI=1S/C20H25NO4/c1-21-18(20(22)23)12-13-19(24-14-16-8-4-2-5-9-16)25-15-17-10-6-3-7-11-17/h2-11,18-19,21H,12-15H2,1H3,(H,22,23). The monoisotopic (exact) mass is 343 g/mol. The molecule has 2 aromatic rings. The smallest absolute Gasteiger partial charge is 0.320 e. The first-order valence-corrected chi connectivity index (χ1v) is 8.40. The van der Waals surface area contributed by atoms with E-state index in [0.29, 0.717) is 26.1 Å². The van der Waals surface area contributed by atoms with Crippen LogP contribution in [0.4, 0.5) is 0 Å². The minimum Gasteiger partial charge on any atom is -0.480 e. The number of rotatable bonds is 11. The average Bonchev–Trinajstić information content (AvgIpc) is 2.65. The number of carboxylic acid groups (broad SMARTS) is 1. The Hall–Kier alpha value is -2.21. The van der Waals surface area contributed by atoms with Crippen molar-refractivity contribution in [1.82, 2.24) is 5.32 Å². The highest BCUT2D eigenvalue weighted by Crippen LogP contribution is 2.13. The number of ether oxygens (including phenoxy) is 2. The highest BCUT2D eigenvalue weighted by Gasteiger charge is 2.18. The summed E-state index contributed by atoms with van der Waals surface area (Å²) < 4.78 is 11.8. The number of benzene rings is 2. The van der Waals surface area contributed by atoms with Gasteiger partial charge in [-0.3, -0.25) is 4.79 Å². The van der Waals surface area contributed by atoms with Crippen LogP contribution >= 0.6 is 0 Å². The Labute approximate surface area is 148 Å². The highest BCUT2D eigenvalue weighted by molar-refractivity contribution is 5.73. The maximum Gasteiger partial charge on any atom is 0.320 e. The lowest BCUT2D eigenvalue weighted by Crippen LogP contribution is -2.35. The van der Waals surface area contributed by atoms with E-state index in [1.807, 2.05) is 60.7 Å². The Morgan fingerprint density at radius 2 is 1.40 bits per heavy atom.